The first-order valence-electron chi connectivity index (χ1n) is 5.47. The molecule has 0 atom stereocenters. The second-order valence-corrected chi connectivity index (χ2v) is 7.60. The van der Waals surface area contributed by atoms with Crippen molar-refractivity contribution >= 4 is 38.3 Å². The van der Waals surface area contributed by atoms with Crippen LogP contribution in [0.25, 0.3) is 0 Å². The zero-order valence-electron chi connectivity index (χ0n) is 10.8. The maximum Gasteiger partial charge on any atom is 0.269 e. The van der Waals surface area contributed by atoms with E-state index in [-0.39, 0.29) is 15.8 Å². The molecule has 2 aromatic rings. The number of nitrogens with zero attached hydrogens (tertiary/aromatic N) is 3. The van der Waals surface area contributed by atoms with Gasteiger partial charge < -0.3 is 4.52 Å². The quantitative estimate of drug-likeness (QED) is 0.639. The van der Waals surface area contributed by atoms with E-state index in [1.54, 1.807) is 19.9 Å². The minimum atomic E-state index is -3.77. The highest BCUT2D eigenvalue weighted by molar-refractivity contribution is 8.01. The predicted octanol–water partition coefficient (Wildman–Crippen LogP) is 2.22. The number of nitrogens with one attached hydrogen (secondary N) is 1. The second-order valence-electron chi connectivity index (χ2n) is 3.73. The summed E-state index contributed by atoms with van der Waals surface area (Å²) in [5.41, 5.74) is 0.306. The molecule has 2 heterocycles. The number of thioether (sulfide) groups is 1. The Kier molecular flexibility index (Phi) is 4.45. The summed E-state index contributed by atoms with van der Waals surface area (Å²) in [6.45, 7) is 6.71. The average molecular weight is 332 g/mol. The Labute approximate surface area is 124 Å². The maximum absolute atomic E-state index is 12.2. The van der Waals surface area contributed by atoms with Crippen LogP contribution in [0, 0.1) is 13.8 Å². The van der Waals surface area contributed by atoms with Gasteiger partial charge in [-0.1, -0.05) is 34.3 Å². The summed E-state index contributed by atoms with van der Waals surface area (Å²) in [7, 11) is -3.77. The van der Waals surface area contributed by atoms with Crippen LogP contribution in [0.5, 0.6) is 0 Å². The van der Waals surface area contributed by atoms with Gasteiger partial charge in [-0.15, -0.1) is 16.8 Å². The molecule has 0 bridgehead atoms. The molecule has 10 heteroatoms. The molecule has 0 aromatic carbocycles. The first-order valence-corrected chi connectivity index (χ1v) is 8.75. The molecule has 2 aromatic heterocycles. The van der Waals surface area contributed by atoms with Crippen molar-refractivity contribution in [3.8, 4) is 0 Å². The molecule has 0 unspecified atom stereocenters. The van der Waals surface area contributed by atoms with Gasteiger partial charge in [0.1, 0.15) is 5.69 Å². The molecule has 0 saturated carbocycles. The van der Waals surface area contributed by atoms with E-state index in [4.69, 9.17) is 4.52 Å². The molecule has 108 valence electrons. The number of aryl methyl sites for hydroxylation is 2. The molecule has 0 fully saturated rings. The van der Waals surface area contributed by atoms with E-state index in [0.29, 0.717) is 15.8 Å². The van der Waals surface area contributed by atoms with Gasteiger partial charge in [0, 0.05) is 5.75 Å². The first-order chi connectivity index (χ1) is 9.44. The Morgan fingerprint density at radius 1 is 1.45 bits per heavy atom. The number of rotatable bonds is 6. The van der Waals surface area contributed by atoms with Gasteiger partial charge in [0.15, 0.2) is 15.0 Å². The molecule has 20 heavy (non-hydrogen) atoms. The van der Waals surface area contributed by atoms with Gasteiger partial charge in [0.05, 0.1) is 0 Å². The van der Waals surface area contributed by atoms with Gasteiger partial charge >= 0.3 is 0 Å². The normalized spacial score (nSPS) is 11.5. The van der Waals surface area contributed by atoms with Crippen molar-refractivity contribution in [3.05, 3.63) is 24.1 Å². The van der Waals surface area contributed by atoms with Gasteiger partial charge in [-0.25, -0.2) is 8.42 Å². The molecule has 0 aliphatic heterocycles. The lowest BCUT2D eigenvalue weighted by molar-refractivity contribution is 0.390. The summed E-state index contributed by atoms with van der Waals surface area (Å²) in [6.07, 6.45) is 1.74. The van der Waals surface area contributed by atoms with Crippen molar-refractivity contribution in [3.63, 3.8) is 0 Å². The van der Waals surface area contributed by atoms with Crippen molar-refractivity contribution in [2.45, 2.75) is 23.1 Å². The summed E-state index contributed by atoms with van der Waals surface area (Å²) in [5, 5.41) is 11.5. The van der Waals surface area contributed by atoms with Gasteiger partial charge in [0.25, 0.3) is 10.0 Å². The van der Waals surface area contributed by atoms with Crippen LogP contribution in [0.2, 0.25) is 0 Å². The molecule has 0 spiro atoms. The fourth-order valence-corrected chi connectivity index (χ4v) is 4.54. The molecular weight excluding hydrogens is 320 g/mol. The SMILES string of the molecule is C=CCSc1nnc(NS(=O)(=O)c2c(C)noc2C)s1. The van der Waals surface area contributed by atoms with E-state index in [9.17, 15) is 8.42 Å². The van der Waals surface area contributed by atoms with E-state index < -0.39 is 10.0 Å². The molecule has 0 aliphatic carbocycles. The summed E-state index contributed by atoms with van der Waals surface area (Å²) in [4.78, 5) is 0.0352. The second kappa shape index (κ2) is 5.94. The zero-order chi connectivity index (χ0) is 14.8. The van der Waals surface area contributed by atoms with Crippen molar-refractivity contribution in [1.29, 1.82) is 0 Å². The van der Waals surface area contributed by atoms with Crippen LogP contribution in [-0.2, 0) is 10.0 Å². The summed E-state index contributed by atoms with van der Waals surface area (Å²) >= 11 is 2.59. The van der Waals surface area contributed by atoms with Crippen LogP contribution in [0.3, 0.4) is 0 Å². The van der Waals surface area contributed by atoms with Crippen molar-refractivity contribution in [2.75, 3.05) is 10.5 Å². The van der Waals surface area contributed by atoms with E-state index >= 15 is 0 Å². The fraction of sp³-hybridized carbons (Fsp3) is 0.300. The number of sulfonamides is 1. The zero-order valence-corrected chi connectivity index (χ0v) is 13.2. The molecule has 0 saturated heterocycles. The maximum atomic E-state index is 12.2. The Bertz CT molecular complexity index is 700. The van der Waals surface area contributed by atoms with E-state index in [1.165, 1.54) is 11.8 Å². The highest BCUT2D eigenvalue weighted by Crippen LogP contribution is 2.28. The van der Waals surface area contributed by atoms with Gasteiger partial charge in [-0.3, -0.25) is 4.72 Å². The molecule has 0 radical (unpaired) electrons. The minimum Gasteiger partial charge on any atom is -0.360 e. The number of hydrogen-bond donors (Lipinski definition) is 1. The Morgan fingerprint density at radius 3 is 2.80 bits per heavy atom. The fourth-order valence-electron chi connectivity index (χ4n) is 1.46. The average Bonchev–Trinajstić information content (AvgIpc) is 2.93. The Balaban J connectivity index is 2.20. The van der Waals surface area contributed by atoms with E-state index in [0.717, 1.165) is 11.3 Å². The third-order valence-corrected chi connectivity index (χ3v) is 5.87. The summed E-state index contributed by atoms with van der Waals surface area (Å²) in [5.74, 6) is 0.923. The van der Waals surface area contributed by atoms with E-state index in [2.05, 4.69) is 26.7 Å². The van der Waals surface area contributed by atoms with Crippen LogP contribution in [-0.4, -0.2) is 29.5 Å². The molecule has 0 amide bonds. The van der Waals surface area contributed by atoms with Gasteiger partial charge in [-0.05, 0) is 13.8 Å². The van der Waals surface area contributed by atoms with Crippen LogP contribution < -0.4 is 4.72 Å². The molecular formula is C10H12N4O3S3. The van der Waals surface area contributed by atoms with Crippen LogP contribution in [0.4, 0.5) is 5.13 Å². The summed E-state index contributed by atoms with van der Waals surface area (Å²) < 4.78 is 32.4. The lowest BCUT2D eigenvalue weighted by atomic mass is 10.4. The van der Waals surface area contributed by atoms with Gasteiger partial charge in [0.2, 0.25) is 5.13 Å². The van der Waals surface area contributed by atoms with Crippen molar-refractivity contribution < 1.29 is 12.9 Å². The smallest absolute Gasteiger partial charge is 0.269 e. The monoisotopic (exact) mass is 332 g/mol. The third-order valence-electron chi connectivity index (χ3n) is 2.19. The van der Waals surface area contributed by atoms with Crippen LogP contribution >= 0.6 is 23.1 Å². The minimum absolute atomic E-state index is 0.0352. The largest absolute Gasteiger partial charge is 0.360 e. The standard InChI is InChI=1S/C10H12N4O3S3/c1-4-5-18-10-12-11-9(19-10)14-20(15,16)8-6(2)13-17-7(8)3/h4H,1,5H2,2-3H3,(H,11,14). The van der Waals surface area contributed by atoms with Gasteiger partial charge in [-0.2, -0.15) is 0 Å². The Hall–Kier alpha value is -1.39. The Morgan fingerprint density at radius 2 is 2.20 bits per heavy atom. The first kappa shape index (κ1) is 15.0. The third kappa shape index (κ3) is 3.19. The highest BCUT2D eigenvalue weighted by Gasteiger charge is 2.25. The van der Waals surface area contributed by atoms with Crippen molar-refractivity contribution in [1.82, 2.24) is 15.4 Å². The number of anilines is 1. The molecule has 1 N–H and O–H groups in total. The predicted molar refractivity (Wildman–Crippen MR) is 77.6 cm³/mol. The number of aromatic nitrogens is 3. The molecule has 0 aliphatic rings. The topological polar surface area (TPSA) is 98.0 Å². The number of hydrogen-bond acceptors (Lipinski definition) is 8. The van der Waals surface area contributed by atoms with Crippen LogP contribution in [0.15, 0.2) is 26.4 Å². The van der Waals surface area contributed by atoms with E-state index in [1.807, 2.05) is 0 Å². The molecule has 7 nitrogen and oxygen atoms in total. The van der Waals surface area contributed by atoms with Crippen molar-refractivity contribution in [2.24, 2.45) is 0 Å². The molecule has 2 rings (SSSR count). The van der Waals surface area contributed by atoms with Crippen LogP contribution in [0.1, 0.15) is 11.5 Å². The lowest BCUT2D eigenvalue weighted by Gasteiger charge is -2.02. The highest BCUT2D eigenvalue weighted by atomic mass is 32.2. The summed E-state index contributed by atoms with van der Waals surface area (Å²) in [6, 6.07) is 0. The lowest BCUT2D eigenvalue weighted by Crippen LogP contribution is -2.14.